The molecule has 1 saturated heterocycles. The van der Waals surface area contributed by atoms with Crippen molar-refractivity contribution in [2.24, 2.45) is 5.73 Å². The van der Waals surface area contributed by atoms with Crippen LogP contribution in [0.4, 0.5) is 13.2 Å². The minimum absolute atomic E-state index is 0.00668. The lowest BCUT2D eigenvalue weighted by molar-refractivity contribution is -0.418. The fourth-order valence-electron chi connectivity index (χ4n) is 4.79. The molecule has 0 radical (unpaired) electrons. The van der Waals surface area contributed by atoms with Crippen molar-refractivity contribution in [1.29, 1.82) is 0 Å². The Labute approximate surface area is 217 Å². The van der Waals surface area contributed by atoms with Gasteiger partial charge in [0.05, 0.1) is 22.2 Å². The molecule has 0 spiro atoms. The number of nitrogens with two attached hydrogens (primary N) is 1. The van der Waals surface area contributed by atoms with Gasteiger partial charge in [0, 0.05) is 49.4 Å². The highest BCUT2D eigenvalue weighted by molar-refractivity contribution is 6.34. The third-order valence-corrected chi connectivity index (χ3v) is 7.18. The molecule has 2 amide bonds. The standard InChI is InChI=1S/C26H27ClF3N5O2/c1-13-24(31)20(25(32-2)14-5-16(28)8-17(29)6-14)3-4-35(13)26(37)21-9-18(30)7-15(23(21)27)11-33-19-10-22(36)34-12-19/h5-9,13,19,33H,3-4,10-12,31H2,1-2H3,(H,34,36)/p+1. The van der Waals surface area contributed by atoms with Gasteiger partial charge in [-0.25, -0.2) is 18.2 Å². The maximum absolute atomic E-state index is 14.5. The maximum atomic E-state index is 14.5. The Morgan fingerprint density at radius 2 is 1.86 bits per heavy atom. The highest BCUT2D eigenvalue weighted by atomic mass is 35.5. The average molecular weight is 535 g/mol. The molecule has 2 aliphatic heterocycles. The van der Waals surface area contributed by atoms with E-state index in [1.54, 1.807) is 14.0 Å². The third kappa shape index (κ3) is 5.65. The Morgan fingerprint density at radius 3 is 2.49 bits per heavy atom. The van der Waals surface area contributed by atoms with Crippen LogP contribution in [0.1, 0.15) is 41.3 Å². The van der Waals surface area contributed by atoms with Crippen molar-refractivity contribution in [3.8, 4) is 0 Å². The van der Waals surface area contributed by atoms with Crippen LogP contribution in [-0.2, 0) is 11.3 Å². The Bertz CT molecular complexity index is 1290. The fourth-order valence-corrected chi connectivity index (χ4v) is 5.05. The predicted molar refractivity (Wildman–Crippen MR) is 133 cm³/mol. The van der Waals surface area contributed by atoms with E-state index in [9.17, 15) is 22.8 Å². The van der Waals surface area contributed by atoms with Gasteiger partial charge < -0.3 is 21.3 Å². The lowest BCUT2D eigenvalue weighted by Crippen LogP contribution is -2.69. The molecule has 196 valence electrons. The normalized spacial score (nSPS) is 20.4. The summed E-state index contributed by atoms with van der Waals surface area (Å²) in [6, 6.07) is 4.85. The van der Waals surface area contributed by atoms with Gasteiger partial charge in [0.2, 0.25) is 11.6 Å². The van der Waals surface area contributed by atoms with Gasteiger partial charge in [-0.05, 0) is 43.2 Å². The lowest BCUT2D eigenvalue weighted by atomic mass is 9.91. The summed E-state index contributed by atoms with van der Waals surface area (Å²) >= 11 is 6.54. The largest absolute Gasteiger partial charge is 0.400 e. The van der Waals surface area contributed by atoms with Crippen LogP contribution < -0.4 is 21.4 Å². The van der Waals surface area contributed by atoms with E-state index in [0.29, 0.717) is 47.5 Å². The molecule has 1 fully saturated rings. The highest BCUT2D eigenvalue weighted by Gasteiger charge is 2.34. The number of hydrogen-bond donors (Lipinski definition) is 4. The highest BCUT2D eigenvalue weighted by Crippen LogP contribution is 2.29. The van der Waals surface area contributed by atoms with E-state index in [4.69, 9.17) is 17.3 Å². The van der Waals surface area contributed by atoms with Gasteiger partial charge in [-0.2, -0.15) is 0 Å². The smallest absolute Gasteiger partial charge is 0.256 e. The number of nitrogens with zero attached hydrogens (tertiary/aromatic N) is 1. The van der Waals surface area contributed by atoms with Gasteiger partial charge in [0.25, 0.3) is 5.91 Å². The van der Waals surface area contributed by atoms with Crippen molar-refractivity contribution in [3.63, 3.8) is 0 Å². The third-order valence-electron chi connectivity index (χ3n) is 6.73. The van der Waals surface area contributed by atoms with Gasteiger partial charge in [-0.1, -0.05) is 11.6 Å². The predicted octanol–water partition coefficient (Wildman–Crippen LogP) is 1.38. The van der Waals surface area contributed by atoms with Crippen LogP contribution in [0.3, 0.4) is 0 Å². The molecule has 2 aromatic rings. The van der Waals surface area contributed by atoms with Crippen LogP contribution >= 0.6 is 11.6 Å². The van der Waals surface area contributed by atoms with Crippen molar-refractivity contribution in [3.05, 3.63) is 80.8 Å². The summed E-state index contributed by atoms with van der Waals surface area (Å²) in [5.74, 6) is -2.60. The number of amides is 2. The monoisotopic (exact) mass is 534 g/mol. The van der Waals surface area contributed by atoms with Crippen LogP contribution in [0.25, 0.3) is 0 Å². The molecule has 11 heteroatoms. The Hall–Kier alpha value is -3.37. The molecule has 2 heterocycles. The molecule has 2 atom stereocenters. The molecule has 2 aromatic carbocycles. The Kier molecular flexibility index (Phi) is 7.89. The van der Waals surface area contributed by atoms with Crippen LogP contribution in [0.5, 0.6) is 0 Å². The molecule has 0 saturated carbocycles. The van der Waals surface area contributed by atoms with Crippen LogP contribution in [-0.4, -0.2) is 54.6 Å². The van der Waals surface area contributed by atoms with Crippen molar-refractivity contribution >= 4 is 29.1 Å². The topological polar surface area (TPSA) is 101 Å². The second-order valence-corrected chi connectivity index (χ2v) is 9.53. The van der Waals surface area contributed by atoms with Gasteiger partial charge in [-0.15, -0.1) is 0 Å². The van der Waals surface area contributed by atoms with Gasteiger partial charge in [-0.3, -0.25) is 9.59 Å². The number of hydrogen-bond acceptors (Lipinski definition) is 4. The summed E-state index contributed by atoms with van der Waals surface area (Å²) in [6.45, 7) is 2.61. The first-order valence-electron chi connectivity index (χ1n) is 11.9. The molecule has 2 aliphatic rings. The molecular formula is C26H28ClF3N5O2+. The average Bonchev–Trinajstić information content (AvgIpc) is 3.26. The molecule has 4 rings (SSSR count). The quantitative estimate of drug-likeness (QED) is 0.421. The molecule has 37 heavy (non-hydrogen) atoms. The van der Waals surface area contributed by atoms with Crippen LogP contribution in [0, 0.1) is 17.5 Å². The van der Waals surface area contributed by atoms with E-state index < -0.39 is 29.4 Å². The summed E-state index contributed by atoms with van der Waals surface area (Å²) in [5, 5.41) is 5.99. The lowest BCUT2D eigenvalue weighted by Gasteiger charge is -2.35. The van der Waals surface area contributed by atoms with Gasteiger partial charge in [0.1, 0.15) is 24.5 Å². The molecule has 2 unspecified atom stereocenters. The SMILES string of the molecule is C[NH+]=C(C1=C(N)C(C)N(C(=O)c2cc(F)cc(CNC3CNC(=O)C3)c2Cl)CC1)c1cc(F)cc(F)c1. The summed E-state index contributed by atoms with van der Waals surface area (Å²) in [6.07, 6.45) is 0.617. The van der Waals surface area contributed by atoms with E-state index in [2.05, 4.69) is 15.6 Å². The zero-order valence-electron chi connectivity index (χ0n) is 20.4. The Morgan fingerprint density at radius 1 is 1.19 bits per heavy atom. The second-order valence-electron chi connectivity index (χ2n) is 9.15. The number of carbonyl (C=O) groups is 2. The minimum atomic E-state index is -0.718. The number of rotatable bonds is 6. The Balaban J connectivity index is 1.57. The van der Waals surface area contributed by atoms with Crippen LogP contribution in [0.2, 0.25) is 5.02 Å². The van der Waals surface area contributed by atoms with Crippen molar-refractivity contribution in [2.75, 3.05) is 20.1 Å². The van der Waals surface area contributed by atoms with E-state index in [0.717, 1.165) is 12.1 Å². The van der Waals surface area contributed by atoms with E-state index in [1.807, 2.05) is 0 Å². The van der Waals surface area contributed by atoms with Crippen molar-refractivity contribution in [2.45, 2.75) is 38.4 Å². The minimum Gasteiger partial charge on any atom is -0.400 e. The zero-order chi connectivity index (χ0) is 26.9. The molecule has 7 nitrogen and oxygen atoms in total. The van der Waals surface area contributed by atoms with Gasteiger partial charge in [0.15, 0.2) is 0 Å². The molecule has 0 aromatic heterocycles. The van der Waals surface area contributed by atoms with Crippen molar-refractivity contribution < 1.29 is 27.8 Å². The molecule has 0 bridgehead atoms. The fraction of sp³-hybridized carbons (Fsp3) is 0.346. The van der Waals surface area contributed by atoms with E-state index >= 15 is 0 Å². The first-order valence-corrected chi connectivity index (χ1v) is 12.3. The summed E-state index contributed by atoms with van der Waals surface area (Å²) in [5.41, 5.74) is 8.59. The summed E-state index contributed by atoms with van der Waals surface area (Å²) in [7, 11) is 1.63. The molecule has 0 aliphatic carbocycles. The first-order chi connectivity index (χ1) is 17.6. The van der Waals surface area contributed by atoms with E-state index in [-0.39, 0.29) is 35.6 Å². The first kappa shape index (κ1) is 26.7. The molecule has 5 N–H and O–H groups in total. The number of nitrogens with one attached hydrogen (secondary N) is 3. The second kappa shape index (κ2) is 10.9. The van der Waals surface area contributed by atoms with Gasteiger partial charge >= 0.3 is 0 Å². The maximum Gasteiger partial charge on any atom is 0.256 e. The van der Waals surface area contributed by atoms with Crippen molar-refractivity contribution in [1.82, 2.24) is 15.5 Å². The number of carbonyl (C=O) groups excluding carboxylic acids is 2. The van der Waals surface area contributed by atoms with E-state index in [1.165, 1.54) is 23.1 Å². The van der Waals surface area contributed by atoms with Crippen LogP contribution in [0.15, 0.2) is 41.6 Å². The zero-order valence-corrected chi connectivity index (χ0v) is 21.2. The molecular weight excluding hydrogens is 507 g/mol. The number of halogens is 4. The summed E-state index contributed by atoms with van der Waals surface area (Å²) in [4.78, 5) is 29.4. The summed E-state index contributed by atoms with van der Waals surface area (Å²) < 4.78 is 42.2. The number of benzene rings is 2.